The topological polar surface area (TPSA) is 59.8 Å². The zero-order valence-corrected chi connectivity index (χ0v) is 14.3. The van der Waals surface area contributed by atoms with Crippen molar-refractivity contribution in [3.8, 4) is 0 Å². The van der Waals surface area contributed by atoms with Crippen molar-refractivity contribution < 1.29 is 4.79 Å². The average Bonchev–Trinajstić information content (AvgIpc) is 2.89. The Morgan fingerprint density at radius 1 is 1.25 bits per heavy atom. The van der Waals surface area contributed by atoms with Gasteiger partial charge >= 0.3 is 0 Å². The summed E-state index contributed by atoms with van der Waals surface area (Å²) in [4.78, 5) is 16.8. The largest absolute Gasteiger partial charge is 0.352 e. The molecular weight excluding hydrogens is 300 g/mol. The van der Waals surface area contributed by atoms with Crippen LogP contribution in [-0.4, -0.2) is 27.2 Å². The number of rotatable bonds is 5. The number of amides is 1. The Morgan fingerprint density at radius 3 is 2.79 bits per heavy atom. The van der Waals surface area contributed by atoms with E-state index in [0.717, 1.165) is 28.8 Å². The fraction of sp³-hybridized carbons (Fsp3) is 0.316. The van der Waals surface area contributed by atoms with E-state index >= 15 is 0 Å². The summed E-state index contributed by atoms with van der Waals surface area (Å²) < 4.78 is 1.99. The molecule has 0 unspecified atom stereocenters. The smallest absolute Gasteiger partial charge is 0.253 e. The molecule has 2 heterocycles. The van der Waals surface area contributed by atoms with Gasteiger partial charge in [-0.05, 0) is 38.0 Å². The zero-order valence-electron chi connectivity index (χ0n) is 14.3. The molecule has 0 fully saturated rings. The van der Waals surface area contributed by atoms with Crippen molar-refractivity contribution in [3.63, 3.8) is 0 Å². The molecule has 0 aliphatic heterocycles. The molecule has 0 aliphatic rings. The maximum absolute atomic E-state index is 12.5. The Balaban J connectivity index is 1.65. The monoisotopic (exact) mass is 322 g/mol. The van der Waals surface area contributed by atoms with Crippen LogP contribution in [0, 0.1) is 19.8 Å². The van der Waals surface area contributed by atoms with Crippen LogP contribution in [0.2, 0.25) is 0 Å². The number of hydrogen-bond donors (Lipinski definition) is 1. The first-order valence-corrected chi connectivity index (χ1v) is 8.17. The van der Waals surface area contributed by atoms with Gasteiger partial charge in [0.25, 0.3) is 5.91 Å². The number of aromatic nitrogens is 3. The van der Waals surface area contributed by atoms with Crippen molar-refractivity contribution in [1.82, 2.24) is 20.1 Å². The second-order valence-electron chi connectivity index (χ2n) is 6.31. The zero-order chi connectivity index (χ0) is 17.1. The number of nitrogens with zero attached hydrogens (tertiary/aromatic N) is 3. The predicted octanol–water partition coefficient (Wildman–Crippen LogP) is 3.11. The maximum Gasteiger partial charge on any atom is 0.253 e. The summed E-state index contributed by atoms with van der Waals surface area (Å²) in [5.41, 5.74) is 3.52. The molecule has 0 radical (unpaired) electrons. The van der Waals surface area contributed by atoms with Gasteiger partial charge in [-0.3, -0.25) is 14.5 Å². The van der Waals surface area contributed by atoms with Gasteiger partial charge in [0.2, 0.25) is 0 Å². The van der Waals surface area contributed by atoms with Crippen molar-refractivity contribution >= 4 is 16.8 Å². The fourth-order valence-electron chi connectivity index (χ4n) is 2.87. The van der Waals surface area contributed by atoms with E-state index in [1.165, 1.54) is 0 Å². The van der Waals surface area contributed by atoms with Crippen LogP contribution in [0.3, 0.4) is 0 Å². The molecule has 0 aliphatic carbocycles. The van der Waals surface area contributed by atoms with Crippen LogP contribution in [0.15, 0.2) is 42.6 Å². The van der Waals surface area contributed by atoms with Gasteiger partial charge in [0.15, 0.2) is 0 Å². The highest BCUT2D eigenvalue weighted by molar-refractivity contribution is 6.05. The number of nitrogens with one attached hydrogen (secondary N) is 1. The first-order valence-electron chi connectivity index (χ1n) is 8.17. The number of hydrogen-bond acceptors (Lipinski definition) is 3. The number of carbonyl (C=O) groups excluding carboxylic acids is 1. The molecule has 0 spiro atoms. The number of fused-ring (bicyclic) bond motifs is 1. The SMILES string of the molecule is Cc1cc(C)n(C[C@@H](C)CNC(=O)c2cccc3cccnc23)n1. The van der Waals surface area contributed by atoms with Crippen molar-refractivity contribution in [2.75, 3.05) is 6.54 Å². The van der Waals surface area contributed by atoms with E-state index in [2.05, 4.69) is 28.4 Å². The highest BCUT2D eigenvalue weighted by atomic mass is 16.1. The molecule has 1 aromatic carbocycles. The minimum atomic E-state index is -0.0838. The van der Waals surface area contributed by atoms with Gasteiger partial charge < -0.3 is 5.32 Å². The molecule has 2 aromatic heterocycles. The van der Waals surface area contributed by atoms with E-state index in [1.807, 2.05) is 48.9 Å². The summed E-state index contributed by atoms with van der Waals surface area (Å²) >= 11 is 0. The van der Waals surface area contributed by atoms with Crippen LogP contribution in [0.4, 0.5) is 0 Å². The third-order valence-corrected chi connectivity index (χ3v) is 4.08. The van der Waals surface area contributed by atoms with Crippen molar-refractivity contribution in [2.24, 2.45) is 5.92 Å². The lowest BCUT2D eigenvalue weighted by atomic mass is 10.1. The first kappa shape index (κ1) is 16.2. The number of pyridine rings is 1. The molecule has 24 heavy (non-hydrogen) atoms. The molecule has 5 heteroatoms. The lowest BCUT2D eigenvalue weighted by Crippen LogP contribution is -2.30. The highest BCUT2D eigenvalue weighted by Crippen LogP contribution is 2.16. The van der Waals surface area contributed by atoms with E-state index in [9.17, 15) is 4.79 Å². The molecule has 0 bridgehead atoms. The number of benzene rings is 1. The molecule has 3 aromatic rings. The maximum atomic E-state index is 12.5. The third kappa shape index (κ3) is 3.45. The van der Waals surface area contributed by atoms with Gasteiger partial charge in [0, 0.05) is 30.4 Å². The Bertz CT molecular complexity index is 863. The fourth-order valence-corrected chi connectivity index (χ4v) is 2.87. The van der Waals surface area contributed by atoms with Crippen LogP contribution in [0.1, 0.15) is 28.7 Å². The van der Waals surface area contributed by atoms with Crippen LogP contribution in [0.5, 0.6) is 0 Å². The summed E-state index contributed by atoms with van der Waals surface area (Å²) in [6, 6.07) is 11.6. The Kier molecular flexibility index (Phi) is 4.60. The molecule has 0 saturated heterocycles. The standard InChI is InChI=1S/C19H22N4O/c1-13(12-23-15(3)10-14(2)22-23)11-21-19(24)17-8-4-6-16-7-5-9-20-18(16)17/h4-10,13H,11-12H2,1-3H3,(H,21,24)/t13-/m0/s1. The number of para-hydroxylation sites is 1. The van der Waals surface area contributed by atoms with E-state index in [-0.39, 0.29) is 11.8 Å². The van der Waals surface area contributed by atoms with E-state index in [4.69, 9.17) is 0 Å². The molecular formula is C19H22N4O. The van der Waals surface area contributed by atoms with Gasteiger partial charge in [-0.15, -0.1) is 0 Å². The molecule has 1 amide bonds. The van der Waals surface area contributed by atoms with Gasteiger partial charge in [0.05, 0.1) is 16.8 Å². The summed E-state index contributed by atoms with van der Waals surface area (Å²) in [6.45, 7) is 7.53. The molecule has 0 saturated carbocycles. The molecule has 1 N–H and O–H groups in total. The molecule has 5 nitrogen and oxygen atoms in total. The summed E-state index contributed by atoms with van der Waals surface area (Å²) in [7, 11) is 0. The van der Waals surface area contributed by atoms with Crippen LogP contribution >= 0.6 is 0 Å². The third-order valence-electron chi connectivity index (χ3n) is 4.08. The second kappa shape index (κ2) is 6.83. The van der Waals surface area contributed by atoms with E-state index in [0.29, 0.717) is 12.1 Å². The summed E-state index contributed by atoms with van der Waals surface area (Å²) in [5.74, 6) is 0.203. The molecule has 1 atom stereocenters. The van der Waals surface area contributed by atoms with Gasteiger partial charge in [-0.25, -0.2) is 0 Å². The van der Waals surface area contributed by atoms with Crippen LogP contribution in [-0.2, 0) is 6.54 Å². The predicted molar refractivity (Wildman–Crippen MR) is 94.9 cm³/mol. The Hall–Kier alpha value is -2.69. The normalized spacial score (nSPS) is 12.3. The minimum Gasteiger partial charge on any atom is -0.352 e. The quantitative estimate of drug-likeness (QED) is 0.785. The lowest BCUT2D eigenvalue weighted by molar-refractivity contribution is 0.0948. The van der Waals surface area contributed by atoms with Gasteiger partial charge in [0.1, 0.15) is 0 Å². The minimum absolute atomic E-state index is 0.0838. The van der Waals surface area contributed by atoms with Gasteiger partial charge in [-0.1, -0.05) is 25.1 Å². The van der Waals surface area contributed by atoms with Crippen molar-refractivity contribution in [3.05, 3.63) is 59.5 Å². The Labute approximate surface area is 141 Å². The summed E-state index contributed by atoms with van der Waals surface area (Å²) in [6.07, 6.45) is 1.71. The number of aryl methyl sites for hydroxylation is 2. The van der Waals surface area contributed by atoms with E-state index in [1.54, 1.807) is 6.20 Å². The average molecular weight is 322 g/mol. The van der Waals surface area contributed by atoms with Crippen LogP contribution < -0.4 is 5.32 Å². The van der Waals surface area contributed by atoms with Crippen molar-refractivity contribution in [1.29, 1.82) is 0 Å². The highest BCUT2D eigenvalue weighted by Gasteiger charge is 2.13. The Morgan fingerprint density at radius 2 is 2.04 bits per heavy atom. The summed E-state index contributed by atoms with van der Waals surface area (Å²) in [5, 5.41) is 8.46. The molecule has 3 rings (SSSR count). The van der Waals surface area contributed by atoms with Crippen molar-refractivity contribution in [2.45, 2.75) is 27.3 Å². The second-order valence-corrected chi connectivity index (χ2v) is 6.31. The molecule has 124 valence electrons. The van der Waals surface area contributed by atoms with E-state index < -0.39 is 0 Å². The number of carbonyl (C=O) groups is 1. The lowest BCUT2D eigenvalue weighted by Gasteiger charge is -2.14. The van der Waals surface area contributed by atoms with Crippen LogP contribution in [0.25, 0.3) is 10.9 Å². The first-order chi connectivity index (χ1) is 11.5. The van der Waals surface area contributed by atoms with Gasteiger partial charge in [-0.2, -0.15) is 5.10 Å².